The van der Waals surface area contributed by atoms with Crippen molar-refractivity contribution in [1.82, 2.24) is 0 Å². The number of benzene rings is 2. The molecule has 5 heteroatoms. The van der Waals surface area contributed by atoms with Crippen LogP contribution in [0.4, 0.5) is 0 Å². The van der Waals surface area contributed by atoms with Crippen molar-refractivity contribution >= 4 is 48.1 Å². The predicted molar refractivity (Wildman–Crippen MR) is 125 cm³/mol. The molecule has 0 aromatic heterocycles. The molecule has 0 spiro atoms. The van der Waals surface area contributed by atoms with Crippen molar-refractivity contribution < 1.29 is 43.4 Å². The van der Waals surface area contributed by atoms with Gasteiger partial charge in [0.15, 0.2) is 0 Å². The van der Waals surface area contributed by atoms with Gasteiger partial charge in [-0.3, -0.25) is 0 Å². The van der Waals surface area contributed by atoms with E-state index < -0.39 is 16.1 Å². The molecule has 1 radical (unpaired) electrons. The Hall–Kier alpha value is -0.742. The summed E-state index contributed by atoms with van der Waals surface area (Å²) in [5.74, 6) is 0. The van der Waals surface area contributed by atoms with Crippen molar-refractivity contribution in [1.29, 1.82) is 0 Å². The van der Waals surface area contributed by atoms with Crippen molar-refractivity contribution in [3.63, 3.8) is 0 Å². The van der Waals surface area contributed by atoms with E-state index in [4.69, 9.17) is 0 Å². The third-order valence-electron chi connectivity index (χ3n) is 4.97. The van der Waals surface area contributed by atoms with E-state index in [1.165, 1.54) is 21.5 Å². The van der Waals surface area contributed by atoms with Crippen LogP contribution in [-0.2, 0) is 18.6 Å². The summed E-state index contributed by atoms with van der Waals surface area (Å²) in [5, 5.41) is 8.68. The largest absolute Gasteiger partial charge is 4.00 e. The third-order valence-corrected chi connectivity index (χ3v) is 9.01. The van der Waals surface area contributed by atoms with E-state index in [-0.39, 0.29) is 43.4 Å². The Morgan fingerprint density at radius 3 is 1.14 bits per heavy atom. The van der Waals surface area contributed by atoms with Crippen LogP contribution >= 0.6 is 0 Å². The second kappa shape index (κ2) is 11.0. The zero-order chi connectivity index (χ0) is 18.9. The Bertz CT molecular complexity index is 870. The summed E-state index contributed by atoms with van der Waals surface area (Å²) in [7, 11) is -2.23. The van der Waals surface area contributed by atoms with Gasteiger partial charge < -0.3 is 24.8 Å². The van der Waals surface area contributed by atoms with Crippen molar-refractivity contribution in [3.8, 4) is 0 Å². The van der Waals surface area contributed by atoms with Gasteiger partial charge in [-0.05, 0) is 0 Å². The molecule has 0 amide bonds. The van der Waals surface area contributed by atoms with E-state index in [0.717, 1.165) is 0 Å². The number of rotatable bonds is 2. The molecule has 29 heavy (non-hydrogen) atoms. The molecule has 0 aliphatic heterocycles. The first-order chi connectivity index (χ1) is 12.1. The summed E-state index contributed by atoms with van der Waals surface area (Å²) in [4.78, 5) is 0. The first-order valence-electron chi connectivity index (χ1n) is 9.46. The van der Waals surface area contributed by atoms with Gasteiger partial charge in [-0.15, -0.1) is 69.7 Å². The van der Waals surface area contributed by atoms with E-state index >= 15 is 0 Å². The summed E-state index contributed by atoms with van der Waals surface area (Å²) in [5.41, 5.74) is 0. The van der Waals surface area contributed by atoms with Crippen LogP contribution in [0.2, 0.25) is 39.3 Å². The Kier molecular flexibility index (Phi) is 10.8. The van der Waals surface area contributed by atoms with Crippen LogP contribution in [0, 0.1) is 0 Å². The van der Waals surface area contributed by atoms with Crippen LogP contribution < -0.4 is 35.2 Å². The maximum atomic E-state index is 2.39. The van der Waals surface area contributed by atoms with E-state index in [1.807, 2.05) is 0 Å². The molecule has 0 heterocycles. The predicted octanol–water partition coefficient (Wildman–Crippen LogP) is 0.213. The molecule has 0 N–H and O–H groups in total. The van der Waals surface area contributed by atoms with Crippen LogP contribution in [-0.4, -0.2) is 16.1 Å². The van der Waals surface area contributed by atoms with Gasteiger partial charge in [0.25, 0.3) is 0 Å². The van der Waals surface area contributed by atoms with Gasteiger partial charge in [-0.25, -0.2) is 0 Å². The smallest absolute Gasteiger partial charge is 1.00 e. The standard InChI is InChI=1S/2C12H15Si.2ClH.V/c2*1-13(2,3)12-8-10-6-4-5-7-11(10)9-12;;;/h2*4-9H,1-3H3;2*1H;/q2*-1;;;+4/p-2. The van der Waals surface area contributed by atoms with Crippen molar-refractivity contribution in [2.75, 3.05) is 0 Å². The molecule has 0 atom stereocenters. The molecule has 0 fully saturated rings. The molecule has 0 nitrogen and oxygen atoms in total. The number of hydrogen-bond donors (Lipinski definition) is 0. The van der Waals surface area contributed by atoms with Gasteiger partial charge >= 0.3 is 18.6 Å². The maximum absolute atomic E-state index is 2.39. The molecule has 4 rings (SSSR count). The Morgan fingerprint density at radius 2 is 0.862 bits per heavy atom. The Labute approximate surface area is 202 Å². The molecule has 0 unspecified atom stereocenters. The SMILES string of the molecule is C[Si](C)(C)c1cc2ccccc2[cH-]1.C[Si](C)(C)c1cc2ccccc2[cH-]1.[Cl-].[Cl-].[V+4]. The number of hydrogen-bond acceptors (Lipinski definition) is 0. The molecule has 0 aliphatic rings. The summed E-state index contributed by atoms with van der Waals surface area (Å²) >= 11 is 0. The molecule has 0 aliphatic carbocycles. The van der Waals surface area contributed by atoms with Crippen molar-refractivity contribution in [2.45, 2.75) is 39.3 Å². The van der Waals surface area contributed by atoms with Crippen LogP contribution in [0.1, 0.15) is 0 Å². The van der Waals surface area contributed by atoms with Crippen LogP contribution in [0.3, 0.4) is 0 Å². The second-order valence-electron chi connectivity index (χ2n) is 9.25. The van der Waals surface area contributed by atoms with E-state index in [0.29, 0.717) is 0 Å². The molecular formula is C24H30Cl2Si2V. The van der Waals surface area contributed by atoms with Gasteiger partial charge in [0.2, 0.25) is 0 Å². The fourth-order valence-corrected chi connectivity index (χ4v) is 5.52. The Balaban J connectivity index is 0.000000490. The first kappa shape index (κ1) is 28.3. The zero-order valence-electron chi connectivity index (χ0n) is 18.1. The van der Waals surface area contributed by atoms with Gasteiger partial charge in [0, 0.05) is 0 Å². The molecule has 0 saturated carbocycles. The molecule has 0 saturated heterocycles. The summed E-state index contributed by atoms with van der Waals surface area (Å²) in [6.07, 6.45) is 0. The second-order valence-corrected chi connectivity index (χ2v) is 19.4. The fraction of sp³-hybridized carbons (Fsp3) is 0.250. The van der Waals surface area contributed by atoms with Gasteiger partial charge in [-0.1, -0.05) is 51.4 Å². The van der Waals surface area contributed by atoms with Crippen LogP contribution in [0.25, 0.3) is 21.5 Å². The summed E-state index contributed by atoms with van der Waals surface area (Å²) in [6.45, 7) is 14.3. The topological polar surface area (TPSA) is 0 Å². The van der Waals surface area contributed by atoms with E-state index in [1.54, 1.807) is 10.4 Å². The monoisotopic (exact) mass is 495 g/mol. The van der Waals surface area contributed by atoms with Gasteiger partial charge in [-0.2, -0.15) is 22.9 Å². The van der Waals surface area contributed by atoms with Gasteiger partial charge in [0.1, 0.15) is 0 Å². The maximum Gasteiger partial charge on any atom is 4.00 e. The van der Waals surface area contributed by atoms with E-state index in [2.05, 4.69) is 112 Å². The number of halogens is 2. The molecular weight excluding hydrogens is 466 g/mol. The van der Waals surface area contributed by atoms with Crippen molar-refractivity contribution in [2.24, 2.45) is 0 Å². The van der Waals surface area contributed by atoms with Crippen LogP contribution in [0.15, 0.2) is 72.8 Å². The molecule has 4 aromatic carbocycles. The molecule has 153 valence electrons. The van der Waals surface area contributed by atoms with Gasteiger partial charge in [0.05, 0.1) is 16.1 Å². The average Bonchev–Trinajstić information content (AvgIpc) is 3.19. The summed E-state index contributed by atoms with van der Waals surface area (Å²) < 4.78 is 0. The van der Waals surface area contributed by atoms with Crippen molar-refractivity contribution in [3.05, 3.63) is 72.8 Å². The quantitative estimate of drug-likeness (QED) is 0.275. The molecule has 4 aromatic rings. The Morgan fingerprint density at radius 1 is 0.552 bits per heavy atom. The number of fused-ring (bicyclic) bond motifs is 2. The van der Waals surface area contributed by atoms with E-state index in [9.17, 15) is 0 Å². The van der Waals surface area contributed by atoms with Crippen LogP contribution in [0.5, 0.6) is 0 Å². The average molecular weight is 497 g/mol. The zero-order valence-corrected chi connectivity index (χ0v) is 23.0. The normalized spacial score (nSPS) is 11.0. The minimum Gasteiger partial charge on any atom is -1.00 e. The minimum atomic E-state index is -1.12. The first-order valence-corrected chi connectivity index (χ1v) is 16.5. The minimum absolute atomic E-state index is 0. The third kappa shape index (κ3) is 7.17. The summed E-state index contributed by atoms with van der Waals surface area (Å²) in [6, 6.07) is 26.6. The molecule has 0 bridgehead atoms. The fourth-order valence-electron chi connectivity index (χ4n) is 3.17.